The third-order valence-corrected chi connectivity index (χ3v) is 2.28. The van der Waals surface area contributed by atoms with E-state index in [1.54, 1.807) is 12.1 Å². The second kappa shape index (κ2) is 7.25. The fourth-order valence-electron chi connectivity index (χ4n) is 1.29. The summed E-state index contributed by atoms with van der Waals surface area (Å²) in [6, 6.07) is 3.45. The van der Waals surface area contributed by atoms with E-state index in [1.807, 2.05) is 13.7 Å². The van der Waals surface area contributed by atoms with Gasteiger partial charge in [0.1, 0.15) is 12.5 Å². The first-order valence-electron chi connectivity index (χ1n) is 4.34. The minimum atomic E-state index is -0.409. The van der Waals surface area contributed by atoms with Gasteiger partial charge < -0.3 is 9.53 Å². The lowest BCUT2D eigenvalue weighted by Crippen LogP contribution is -2.00. The van der Waals surface area contributed by atoms with Crippen LogP contribution in [0.1, 0.15) is 11.1 Å². The van der Waals surface area contributed by atoms with Crippen LogP contribution in [0.15, 0.2) is 12.1 Å². The summed E-state index contributed by atoms with van der Waals surface area (Å²) in [6.45, 7) is 3.86. The summed E-state index contributed by atoms with van der Waals surface area (Å²) in [5.74, 6) is 0.601. The number of benzene rings is 1. The van der Waals surface area contributed by atoms with Crippen LogP contribution >= 0.6 is 23.2 Å². The van der Waals surface area contributed by atoms with Gasteiger partial charge in [0.2, 0.25) is 5.24 Å². The molecule has 0 amide bonds. The number of carbonyl (C=O) groups is 2. The predicted octanol–water partition coefficient (Wildman–Crippen LogP) is 2.78. The van der Waals surface area contributed by atoms with Crippen molar-refractivity contribution in [3.63, 3.8) is 0 Å². The normalized spacial score (nSPS) is 9.00. The lowest BCUT2D eigenvalue weighted by molar-refractivity contribution is -0.111. The lowest BCUT2D eigenvalue weighted by Gasteiger charge is -2.10. The van der Waals surface area contributed by atoms with Crippen LogP contribution in [0, 0.1) is 6.92 Å². The van der Waals surface area contributed by atoms with Gasteiger partial charge in [-0.1, -0.05) is 11.6 Å². The third kappa shape index (κ3) is 4.21. The highest BCUT2D eigenvalue weighted by Gasteiger charge is 2.10. The number of halogens is 2. The maximum absolute atomic E-state index is 10.8. The number of hydrogen-bond donors (Lipinski definition) is 0. The topological polar surface area (TPSA) is 43.4 Å². The molecule has 1 aromatic carbocycles. The molecule has 1 rings (SSSR count). The van der Waals surface area contributed by atoms with E-state index in [0.717, 1.165) is 11.1 Å². The highest BCUT2D eigenvalue weighted by Crippen LogP contribution is 2.27. The van der Waals surface area contributed by atoms with Crippen molar-refractivity contribution in [2.45, 2.75) is 13.3 Å². The second-order valence-electron chi connectivity index (χ2n) is 2.94. The van der Waals surface area contributed by atoms with Crippen molar-refractivity contribution in [3.05, 3.63) is 28.3 Å². The van der Waals surface area contributed by atoms with Crippen LogP contribution in [0.3, 0.4) is 0 Å². The molecule has 3 nitrogen and oxygen atoms in total. The summed E-state index contributed by atoms with van der Waals surface area (Å²) in [4.78, 5) is 18.8. The van der Waals surface area contributed by atoms with Crippen LogP contribution in [0.4, 0.5) is 0 Å². The Kier molecular flexibility index (Phi) is 6.77. The Labute approximate surface area is 104 Å². The quantitative estimate of drug-likeness (QED) is 0.787. The minimum Gasteiger partial charge on any atom is -0.496 e. The molecule has 5 heteroatoms. The maximum atomic E-state index is 10.8. The molecule has 0 bridgehead atoms. The Hall–Kier alpha value is -1.06. The molecule has 1 aromatic rings. The number of carbonyl (C=O) groups excluding carboxylic acids is 2. The van der Waals surface area contributed by atoms with E-state index >= 15 is 0 Å². The number of hydrogen-bond acceptors (Lipinski definition) is 3. The average molecular weight is 263 g/mol. The summed E-state index contributed by atoms with van der Waals surface area (Å²) < 4.78 is 5.11. The molecule has 0 heterocycles. The lowest BCUT2D eigenvalue weighted by atomic mass is 10.1. The standard InChI is InChI=1S/C10H10Cl2O2.CH2O/c1-6-3-7(11)4-9(14-2)8(6)5-10(12)13;1-2/h3-4H,5H2,1-2H3;1H2. The van der Waals surface area contributed by atoms with Gasteiger partial charge in [-0.05, 0) is 36.2 Å². The van der Waals surface area contributed by atoms with Crippen molar-refractivity contribution in [2.24, 2.45) is 0 Å². The number of rotatable bonds is 3. The zero-order valence-electron chi connectivity index (χ0n) is 9.05. The highest BCUT2D eigenvalue weighted by molar-refractivity contribution is 6.63. The summed E-state index contributed by atoms with van der Waals surface area (Å²) in [5.41, 5.74) is 1.69. The van der Waals surface area contributed by atoms with Crippen molar-refractivity contribution in [3.8, 4) is 5.75 Å². The molecule has 0 radical (unpaired) electrons. The molecule has 0 atom stereocenters. The molecule has 0 fully saturated rings. The van der Waals surface area contributed by atoms with Crippen molar-refractivity contribution in [1.82, 2.24) is 0 Å². The van der Waals surface area contributed by atoms with Crippen molar-refractivity contribution in [2.75, 3.05) is 7.11 Å². The molecule has 0 unspecified atom stereocenters. The Morgan fingerprint density at radius 3 is 2.44 bits per heavy atom. The van der Waals surface area contributed by atoms with Gasteiger partial charge in [-0.25, -0.2) is 0 Å². The Balaban J connectivity index is 0.00000106. The largest absolute Gasteiger partial charge is 0.496 e. The van der Waals surface area contributed by atoms with Gasteiger partial charge in [-0.2, -0.15) is 0 Å². The van der Waals surface area contributed by atoms with Crippen LogP contribution in [0.25, 0.3) is 0 Å². The van der Waals surface area contributed by atoms with Gasteiger partial charge in [0.25, 0.3) is 0 Å². The van der Waals surface area contributed by atoms with Crippen LogP contribution in [0.2, 0.25) is 5.02 Å². The Bertz CT molecular complexity index is 378. The number of aryl methyl sites for hydroxylation is 1. The molecule has 0 N–H and O–H groups in total. The third-order valence-electron chi connectivity index (χ3n) is 1.93. The zero-order valence-corrected chi connectivity index (χ0v) is 10.6. The summed E-state index contributed by atoms with van der Waals surface area (Å²) >= 11 is 11.2. The molecule has 0 aliphatic heterocycles. The van der Waals surface area contributed by atoms with Crippen LogP contribution < -0.4 is 4.74 Å². The summed E-state index contributed by atoms with van der Waals surface area (Å²) in [7, 11) is 1.54. The number of methoxy groups -OCH3 is 1. The maximum Gasteiger partial charge on any atom is 0.226 e. The van der Waals surface area contributed by atoms with Crippen molar-refractivity contribution < 1.29 is 14.3 Å². The molecular weight excluding hydrogens is 251 g/mol. The first-order valence-corrected chi connectivity index (χ1v) is 5.10. The van der Waals surface area contributed by atoms with Gasteiger partial charge in [0, 0.05) is 10.6 Å². The zero-order chi connectivity index (χ0) is 12.7. The molecule has 0 saturated carbocycles. The van der Waals surface area contributed by atoms with Gasteiger partial charge in [0.15, 0.2) is 0 Å². The molecule has 0 aliphatic rings. The van der Waals surface area contributed by atoms with Crippen molar-refractivity contribution in [1.29, 1.82) is 0 Å². The van der Waals surface area contributed by atoms with E-state index in [0.29, 0.717) is 10.8 Å². The molecule has 0 spiro atoms. The van der Waals surface area contributed by atoms with Gasteiger partial charge in [0.05, 0.1) is 13.5 Å². The van der Waals surface area contributed by atoms with Gasteiger partial charge in [-0.3, -0.25) is 4.79 Å². The highest BCUT2D eigenvalue weighted by atomic mass is 35.5. The monoisotopic (exact) mass is 262 g/mol. The average Bonchev–Trinajstić information content (AvgIpc) is 2.24. The fraction of sp³-hybridized carbons (Fsp3) is 0.273. The second-order valence-corrected chi connectivity index (χ2v) is 3.79. The first-order chi connectivity index (χ1) is 7.54. The van der Waals surface area contributed by atoms with Crippen LogP contribution in [0.5, 0.6) is 5.75 Å². The van der Waals surface area contributed by atoms with E-state index in [4.69, 9.17) is 32.7 Å². The SMILES string of the molecule is C=O.COc1cc(Cl)cc(C)c1CC(=O)Cl. The molecule has 88 valence electrons. The Morgan fingerprint density at radius 2 is 2.00 bits per heavy atom. The van der Waals surface area contributed by atoms with E-state index in [2.05, 4.69) is 0 Å². The molecule has 0 aromatic heterocycles. The summed E-state index contributed by atoms with van der Waals surface area (Å²) in [5, 5.41) is 0.179. The van der Waals surface area contributed by atoms with Crippen LogP contribution in [-0.2, 0) is 16.0 Å². The van der Waals surface area contributed by atoms with Crippen molar-refractivity contribution >= 4 is 35.2 Å². The molecule has 0 aliphatic carbocycles. The van der Waals surface area contributed by atoms with E-state index in [1.165, 1.54) is 7.11 Å². The summed E-state index contributed by atoms with van der Waals surface area (Å²) in [6.07, 6.45) is 0.160. The minimum absolute atomic E-state index is 0.160. The Morgan fingerprint density at radius 1 is 1.44 bits per heavy atom. The van der Waals surface area contributed by atoms with E-state index in [-0.39, 0.29) is 6.42 Å². The smallest absolute Gasteiger partial charge is 0.226 e. The van der Waals surface area contributed by atoms with Gasteiger partial charge in [-0.15, -0.1) is 0 Å². The van der Waals surface area contributed by atoms with E-state index in [9.17, 15) is 4.79 Å². The molecule has 16 heavy (non-hydrogen) atoms. The van der Waals surface area contributed by atoms with Gasteiger partial charge >= 0.3 is 0 Å². The van der Waals surface area contributed by atoms with E-state index < -0.39 is 5.24 Å². The predicted molar refractivity (Wildman–Crippen MR) is 64.4 cm³/mol. The van der Waals surface area contributed by atoms with Crippen LogP contribution in [-0.4, -0.2) is 19.1 Å². The molecule has 0 saturated heterocycles. The number of ether oxygens (including phenoxy) is 1. The molecular formula is C11H12Cl2O3. The fourth-order valence-corrected chi connectivity index (χ4v) is 1.69. The first kappa shape index (κ1) is 14.9.